The molecule has 178 valence electrons. The van der Waals surface area contributed by atoms with Crippen LogP contribution in [0.1, 0.15) is 36.7 Å². The summed E-state index contributed by atoms with van der Waals surface area (Å²) in [5.74, 6) is 0.255. The van der Waals surface area contributed by atoms with Gasteiger partial charge < -0.3 is 19.7 Å². The molecule has 1 aromatic carbocycles. The summed E-state index contributed by atoms with van der Waals surface area (Å²) in [7, 11) is 3.43. The van der Waals surface area contributed by atoms with Crippen LogP contribution in [0.3, 0.4) is 0 Å². The minimum Gasteiger partial charge on any atom is -0.491 e. The SMILES string of the molecule is CO[C@H]1CN(C)C(=O)c2cc(NC(C)=O)ccc2OC[C@H](C)N(Cc2cncnc2)C[C@H]1C. The van der Waals surface area contributed by atoms with Crippen molar-refractivity contribution < 1.29 is 19.1 Å². The molecule has 0 fully saturated rings. The fraction of sp³-hybridized carbons (Fsp3) is 0.500. The van der Waals surface area contributed by atoms with Gasteiger partial charge >= 0.3 is 0 Å². The van der Waals surface area contributed by atoms with E-state index in [2.05, 4.69) is 34.0 Å². The van der Waals surface area contributed by atoms with Crippen molar-refractivity contribution in [1.29, 1.82) is 0 Å². The van der Waals surface area contributed by atoms with Gasteiger partial charge in [-0.2, -0.15) is 0 Å². The van der Waals surface area contributed by atoms with Crippen LogP contribution in [-0.4, -0.2) is 77.6 Å². The number of likely N-dealkylation sites (N-methyl/N-ethyl adjacent to an activating group) is 1. The highest BCUT2D eigenvalue weighted by molar-refractivity contribution is 5.99. The number of nitrogens with zero attached hydrogens (tertiary/aromatic N) is 4. The van der Waals surface area contributed by atoms with Gasteiger partial charge in [-0.25, -0.2) is 9.97 Å². The average molecular weight is 456 g/mol. The second-order valence-corrected chi connectivity index (χ2v) is 8.67. The summed E-state index contributed by atoms with van der Waals surface area (Å²) in [6, 6.07) is 5.19. The van der Waals surface area contributed by atoms with Crippen molar-refractivity contribution in [2.24, 2.45) is 5.92 Å². The first-order valence-electron chi connectivity index (χ1n) is 11.1. The summed E-state index contributed by atoms with van der Waals surface area (Å²) in [4.78, 5) is 37.1. The Balaban J connectivity index is 1.94. The Hall–Kier alpha value is -3.04. The molecule has 1 aromatic heterocycles. The summed E-state index contributed by atoms with van der Waals surface area (Å²) in [6.07, 6.45) is 5.01. The number of hydrogen-bond donors (Lipinski definition) is 1. The third kappa shape index (κ3) is 6.49. The normalized spacial score (nSPS) is 22.5. The maximum absolute atomic E-state index is 13.3. The molecule has 0 aliphatic carbocycles. The molecule has 3 rings (SSSR count). The topological polar surface area (TPSA) is 96.9 Å². The van der Waals surface area contributed by atoms with Gasteiger partial charge in [-0.05, 0) is 31.0 Å². The highest BCUT2D eigenvalue weighted by Crippen LogP contribution is 2.26. The third-order valence-electron chi connectivity index (χ3n) is 5.89. The Morgan fingerprint density at radius 3 is 2.64 bits per heavy atom. The van der Waals surface area contributed by atoms with Crippen molar-refractivity contribution >= 4 is 17.5 Å². The molecular formula is C24H33N5O4. The van der Waals surface area contributed by atoms with Crippen molar-refractivity contribution in [3.05, 3.63) is 48.0 Å². The molecule has 2 heterocycles. The first-order valence-corrected chi connectivity index (χ1v) is 11.1. The summed E-state index contributed by atoms with van der Waals surface area (Å²) in [5, 5.41) is 2.74. The van der Waals surface area contributed by atoms with Crippen LogP contribution in [0, 0.1) is 5.92 Å². The molecule has 0 saturated carbocycles. The summed E-state index contributed by atoms with van der Waals surface area (Å²) in [6.45, 7) is 7.91. The summed E-state index contributed by atoms with van der Waals surface area (Å²) in [5.41, 5.74) is 1.97. The molecule has 1 N–H and O–H groups in total. The molecular weight excluding hydrogens is 422 g/mol. The standard InChI is InChI=1S/C24H33N5O4/c1-16-11-29(12-19-9-25-15-26-10-19)17(2)14-33-22-7-6-20(27-18(3)30)8-21(22)24(31)28(4)13-23(16)32-5/h6-10,15-17,23H,11-14H2,1-5H3,(H,27,30)/t16-,17+,23+/m1/s1. The Labute approximate surface area is 195 Å². The number of fused-ring (bicyclic) bond motifs is 1. The largest absolute Gasteiger partial charge is 0.491 e. The van der Waals surface area contributed by atoms with E-state index < -0.39 is 0 Å². The van der Waals surface area contributed by atoms with Gasteiger partial charge in [-0.3, -0.25) is 14.5 Å². The maximum Gasteiger partial charge on any atom is 0.257 e. The van der Waals surface area contributed by atoms with Crippen molar-refractivity contribution in [2.45, 2.75) is 39.5 Å². The molecule has 3 atom stereocenters. The average Bonchev–Trinajstić information content (AvgIpc) is 2.80. The number of carbonyl (C=O) groups is 2. The van der Waals surface area contributed by atoms with Crippen LogP contribution in [0.2, 0.25) is 0 Å². The van der Waals surface area contributed by atoms with Gasteiger partial charge in [0.2, 0.25) is 5.91 Å². The summed E-state index contributed by atoms with van der Waals surface area (Å²) < 4.78 is 11.9. The lowest BCUT2D eigenvalue weighted by molar-refractivity contribution is -0.114. The quantitative estimate of drug-likeness (QED) is 0.756. The van der Waals surface area contributed by atoms with E-state index in [0.29, 0.717) is 36.7 Å². The van der Waals surface area contributed by atoms with Crippen LogP contribution in [0.25, 0.3) is 0 Å². The van der Waals surface area contributed by atoms with Crippen LogP contribution < -0.4 is 10.1 Å². The Kier molecular flexibility index (Phi) is 8.35. The van der Waals surface area contributed by atoms with E-state index in [4.69, 9.17) is 9.47 Å². The van der Waals surface area contributed by atoms with Gasteiger partial charge in [-0.15, -0.1) is 0 Å². The van der Waals surface area contributed by atoms with E-state index in [9.17, 15) is 9.59 Å². The first kappa shape index (κ1) is 24.6. The van der Waals surface area contributed by atoms with Gasteiger partial charge in [-0.1, -0.05) is 6.92 Å². The van der Waals surface area contributed by atoms with Crippen molar-refractivity contribution in [1.82, 2.24) is 19.8 Å². The Bertz CT molecular complexity index is 955. The van der Waals surface area contributed by atoms with Crippen molar-refractivity contribution in [3.8, 4) is 5.75 Å². The Morgan fingerprint density at radius 2 is 1.97 bits per heavy atom. The van der Waals surface area contributed by atoms with E-state index in [1.54, 1.807) is 37.3 Å². The second-order valence-electron chi connectivity index (χ2n) is 8.67. The minimum atomic E-state index is -0.202. The number of anilines is 1. The lowest BCUT2D eigenvalue weighted by Gasteiger charge is -2.36. The number of aromatic nitrogens is 2. The van der Waals surface area contributed by atoms with E-state index >= 15 is 0 Å². The number of methoxy groups -OCH3 is 1. The monoisotopic (exact) mass is 455 g/mol. The fourth-order valence-electron chi connectivity index (χ4n) is 4.00. The van der Waals surface area contributed by atoms with Crippen LogP contribution >= 0.6 is 0 Å². The van der Waals surface area contributed by atoms with Gasteiger partial charge in [0.05, 0.1) is 11.7 Å². The van der Waals surface area contributed by atoms with Gasteiger partial charge in [0.25, 0.3) is 5.91 Å². The zero-order chi connectivity index (χ0) is 24.0. The van der Waals surface area contributed by atoms with Gasteiger partial charge in [0.15, 0.2) is 0 Å². The van der Waals surface area contributed by atoms with Crippen LogP contribution in [0.15, 0.2) is 36.9 Å². The smallest absolute Gasteiger partial charge is 0.257 e. The number of hydrogen-bond acceptors (Lipinski definition) is 7. The fourth-order valence-corrected chi connectivity index (χ4v) is 4.00. The van der Waals surface area contributed by atoms with E-state index in [1.807, 2.05) is 12.4 Å². The predicted octanol–water partition coefficient (Wildman–Crippen LogP) is 2.44. The number of nitrogens with one attached hydrogen (secondary N) is 1. The molecule has 0 bridgehead atoms. The van der Waals surface area contributed by atoms with E-state index in [0.717, 1.165) is 12.1 Å². The lowest BCUT2D eigenvalue weighted by atomic mass is 10.0. The minimum absolute atomic E-state index is 0.0558. The number of amides is 2. The highest BCUT2D eigenvalue weighted by Gasteiger charge is 2.28. The summed E-state index contributed by atoms with van der Waals surface area (Å²) >= 11 is 0. The lowest BCUT2D eigenvalue weighted by Crippen LogP contribution is -2.46. The van der Waals surface area contributed by atoms with E-state index in [1.165, 1.54) is 13.3 Å². The zero-order valence-corrected chi connectivity index (χ0v) is 19.9. The molecule has 0 unspecified atom stereocenters. The number of rotatable bonds is 4. The molecule has 33 heavy (non-hydrogen) atoms. The molecule has 2 amide bonds. The third-order valence-corrected chi connectivity index (χ3v) is 5.89. The van der Waals surface area contributed by atoms with Gasteiger partial charge in [0, 0.05) is 70.4 Å². The van der Waals surface area contributed by atoms with Crippen LogP contribution in [0.5, 0.6) is 5.75 Å². The first-order chi connectivity index (χ1) is 15.8. The zero-order valence-electron chi connectivity index (χ0n) is 19.9. The van der Waals surface area contributed by atoms with Crippen molar-refractivity contribution in [2.75, 3.05) is 39.2 Å². The Morgan fingerprint density at radius 1 is 1.24 bits per heavy atom. The highest BCUT2D eigenvalue weighted by atomic mass is 16.5. The maximum atomic E-state index is 13.3. The number of benzene rings is 1. The van der Waals surface area contributed by atoms with Crippen molar-refractivity contribution in [3.63, 3.8) is 0 Å². The molecule has 0 saturated heterocycles. The number of carbonyl (C=O) groups excluding carboxylic acids is 2. The molecule has 0 radical (unpaired) electrons. The molecule has 0 spiro atoms. The van der Waals surface area contributed by atoms with E-state index in [-0.39, 0.29) is 29.9 Å². The molecule has 1 aliphatic rings. The molecule has 1 aliphatic heterocycles. The molecule has 9 nitrogen and oxygen atoms in total. The number of ether oxygens (including phenoxy) is 2. The second kappa shape index (κ2) is 11.2. The molecule has 9 heteroatoms. The molecule has 2 aromatic rings. The van der Waals surface area contributed by atoms with Crippen LogP contribution in [0.4, 0.5) is 5.69 Å². The predicted molar refractivity (Wildman–Crippen MR) is 125 cm³/mol. The van der Waals surface area contributed by atoms with Crippen LogP contribution in [-0.2, 0) is 16.1 Å². The van der Waals surface area contributed by atoms with Gasteiger partial charge in [0.1, 0.15) is 18.7 Å².